The first-order chi connectivity index (χ1) is 5.68. The number of nitrogens with zero attached hydrogens (tertiary/aromatic N) is 1. The van der Waals surface area contributed by atoms with Crippen molar-refractivity contribution >= 4 is 21.7 Å². The van der Waals surface area contributed by atoms with Crippen molar-refractivity contribution in [1.82, 2.24) is 4.90 Å². The van der Waals surface area contributed by atoms with E-state index in [1.807, 2.05) is 0 Å². The number of halogens is 1. The lowest BCUT2D eigenvalue weighted by molar-refractivity contribution is -0.117. The van der Waals surface area contributed by atoms with Gasteiger partial charge in [-0.15, -0.1) is 0 Å². The van der Waals surface area contributed by atoms with Crippen LogP contribution in [0.3, 0.4) is 0 Å². The second-order valence-corrected chi connectivity index (χ2v) is 4.19. The third-order valence-electron chi connectivity index (χ3n) is 1.97. The Morgan fingerprint density at radius 2 is 2.50 bits per heavy atom. The van der Waals surface area contributed by atoms with E-state index in [0.29, 0.717) is 6.42 Å². The highest BCUT2D eigenvalue weighted by Crippen LogP contribution is 2.14. The molecule has 2 nitrogen and oxygen atoms in total. The highest BCUT2D eigenvalue weighted by molar-refractivity contribution is 9.11. The SMILES string of the molecule is CC(=O)CCN1CCC=C(Br)C1. The van der Waals surface area contributed by atoms with Crippen LogP contribution >= 0.6 is 15.9 Å². The van der Waals surface area contributed by atoms with Gasteiger partial charge >= 0.3 is 0 Å². The molecule has 0 aromatic rings. The van der Waals surface area contributed by atoms with Gasteiger partial charge in [-0.1, -0.05) is 22.0 Å². The first kappa shape index (κ1) is 9.93. The van der Waals surface area contributed by atoms with Gasteiger partial charge < -0.3 is 0 Å². The summed E-state index contributed by atoms with van der Waals surface area (Å²) < 4.78 is 1.25. The summed E-state index contributed by atoms with van der Waals surface area (Å²) in [7, 11) is 0. The molecule has 0 saturated heterocycles. The van der Waals surface area contributed by atoms with Crippen LogP contribution in [0.15, 0.2) is 10.6 Å². The first-order valence-corrected chi connectivity index (χ1v) is 5.04. The standard InChI is InChI=1S/C9H14BrNO/c1-8(12)4-6-11-5-2-3-9(10)7-11/h3H,2,4-7H2,1H3. The Balaban J connectivity index is 2.26. The summed E-state index contributed by atoms with van der Waals surface area (Å²) in [5, 5.41) is 0. The van der Waals surface area contributed by atoms with Crippen LogP contribution in [0.2, 0.25) is 0 Å². The molecule has 1 heterocycles. The van der Waals surface area contributed by atoms with Crippen LogP contribution in [0.5, 0.6) is 0 Å². The molecule has 0 unspecified atom stereocenters. The Labute approximate surface area is 81.8 Å². The fourth-order valence-electron chi connectivity index (χ4n) is 1.27. The maximum absolute atomic E-state index is 10.7. The van der Waals surface area contributed by atoms with Crippen LogP contribution in [0.4, 0.5) is 0 Å². The van der Waals surface area contributed by atoms with Gasteiger partial charge in [0.05, 0.1) is 0 Å². The van der Waals surface area contributed by atoms with Crippen molar-refractivity contribution in [3.8, 4) is 0 Å². The van der Waals surface area contributed by atoms with Gasteiger partial charge in [0.25, 0.3) is 0 Å². The van der Waals surface area contributed by atoms with E-state index in [0.717, 1.165) is 26.1 Å². The molecule has 1 rings (SSSR count). The summed E-state index contributed by atoms with van der Waals surface area (Å²) in [5.74, 6) is 0.278. The topological polar surface area (TPSA) is 20.3 Å². The average Bonchev–Trinajstić information content (AvgIpc) is 2.01. The summed E-state index contributed by atoms with van der Waals surface area (Å²) in [5.41, 5.74) is 0. The molecule has 0 radical (unpaired) electrons. The van der Waals surface area contributed by atoms with Gasteiger partial charge in [0, 0.05) is 30.5 Å². The molecular weight excluding hydrogens is 218 g/mol. The van der Waals surface area contributed by atoms with Gasteiger partial charge in [-0.05, 0) is 13.3 Å². The van der Waals surface area contributed by atoms with Crippen LogP contribution in [-0.4, -0.2) is 30.3 Å². The number of Topliss-reactive ketones (excluding diaryl/α,β-unsaturated/α-hetero) is 1. The van der Waals surface area contributed by atoms with Crippen LogP contribution in [0, 0.1) is 0 Å². The molecular formula is C9H14BrNO. The Hall–Kier alpha value is -0.150. The molecule has 1 aliphatic rings. The maximum atomic E-state index is 10.7. The summed E-state index contributed by atoms with van der Waals surface area (Å²) in [6.07, 6.45) is 3.98. The minimum absolute atomic E-state index is 0.278. The predicted octanol–water partition coefficient (Wildman–Crippen LogP) is 1.95. The predicted molar refractivity (Wildman–Crippen MR) is 53.4 cm³/mol. The van der Waals surface area contributed by atoms with Crippen molar-refractivity contribution < 1.29 is 4.79 Å². The minimum atomic E-state index is 0.278. The third-order valence-corrected chi connectivity index (χ3v) is 2.54. The van der Waals surface area contributed by atoms with E-state index >= 15 is 0 Å². The summed E-state index contributed by atoms with van der Waals surface area (Å²) in [4.78, 5) is 13.0. The first-order valence-electron chi connectivity index (χ1n) is 4.25. The van der Waals surface area contributed by atoms with E-state index in [4.69, 9.17) is 0 Å². The summed E-state index contributed by atoms with van der Waals surface area (Å²) in [6.45, 7) is 4.60. The number of rotatable bonds is 3. The highest BCUT2D eigenvalue weighted by atomic mass is 79.9. The highest BCUT2D eigenvalue weighted by Gasteiger charge is 2.10. The molecule has 0 N–H and O–H groups in total. The van der Waals surface area contributed by atoms with Crippen molar-refractivity contribution in [1.29, 1.82) is 0 Å². The van der Waals surface area contributed by atoms with Crippen LogP contribution < -0.4 is 0 Å². The molecule has 0 spiro atoms. The zero-order chi connectivity index (χ0) is 8.97. The number of hydrogen-bond acceptors (Lipinski definition) is 2. The molecule has 0 aromatic carbocycles. The summed E-state index contributed by atoms with van der Waals surface area (Å²) in [6, 6.07) is 0. The van der Waals surface area contributed by atoms with Crippen LogP contribution in [0.1, 0.15) is 19.8 Å². The van der Waals surface area contributed by atoms with E-state index in [-0.39, 0.29) is 5.78 Å². The largest absolute Gasteiger partial charge is 0.300 e. The summed E-state index contributed by atoms with van der Waals surface area (Å²) >= 11 is 3.47. The quantitative estimate of drug-likeness (QED) is 0.741. The lowest BCUT2D eigenvalue weighted by Gasteiger charge is -2.24. The van der Waals surface area contributed by atoms with Gasteiger partial charge in [0.1, 0.15) is 5.78 Å². The van der Waals surface area contributed by atoms with E-state index in [1.165, 1.54) is 4.48 Å². The molecule has 0 atom stereocenters. The molecule has 0 saturated carbocycles. The third kappa shape index (κ3) is 3.50. The van der Waals surface area contributed by atoms with E-state index in [2.05, 4.69) is 26.9 Å². The monoisotopic (exact) mass is 231 g/mol. The van der Waals surface area contributed by atoms with Gasteiger partial charge in [0.15, 0.2) is 0 Å². The second kappa shape index (κ2) is 4.77. The number of carbonyl (C=O) groups excluding carboxylic acids is 1. The van der Waals surface area contributed by atoms with Gasteiger partial charge in [0.2, 0.25) is 0 Å². The van der Waals surface area contributed by atoms with Crippen LogP contribution in [0.25, 0.3) is 0 Å². The smallest absolute Gasteiger partial charge is 0.131 e. The zero-order valence-electron chi connectivity index (χ0n) is 7.35. The van der Waals surface area contributed by atoms with Crippen molar-refractivity contribution in [2.75, 3.05) is 19.6 Å². The lowest BCUT2D eigenvalue weighted by atomic mass is 10.2. The lowest BCUT2D eigenvalue weighted by Crippen LogP contribution is -2.30. The fraction of sp³-hybridized carbons (Fsp3) is 0.667. The molecule has 0 fully saturated rings. The number of carbonyl (C=O) groups is 1. The molecule has 0 bridgehead atoms. The Morgan fingerprint density at radius 3 is 3.08 bits per heavy atom. The van der Waals surface area contributed by atoms with E-state index in [1.54, 1.807) is 6.92 Å². The Kier molecular flexibility index (Phi) is 3.95. The molecule has 0 aliphatic carbocycles. The van der Waals surface area contributed by atoms with E-state index in [9.17, 15) is 4.79 Å². The minimum Gasteiger partial charge on any atom is -0.300 e. The Morgan fingerprint density at radius 1 is 1.75 bits per heavy atom. The van der Waals surface area contributed by atoms with E-state index < -0.39 is 0 Å². The molecule has 0 aromatic heterocycles. The molecule has 68 valence electrons. The van der Waals surface area contributed by atoms with Gasteiger partial charge in [-0.2, -0.15) is 0 Å². The van der Waals surface area contributed by atoms with Gasteiger partial charge in [-0.25, -0.2) is 0 Å². The Bertz CT molecular complexity index is 201. The van der Waals surface area contributed by atoms with Crippen molar-refractivity contribution in [2.45, 2.75) is 19.8 Å². The molecule has 12 heavy (non-hydrogen) atoms. The second-order valence-electron chi connectivity index (χ2n) is 3.17. The van der Waals surface area contributed by atoms with Crippen molar-refractivity contribution in [2.24, 2.45) is 0 Å². The van der Waals surface area contributed by atoms with Crippen molar-refractivity contribution in [3.63, 3.8) is 0 Å². The average molecular weight is 232 g/mol. The van der Waals surface area contributed by atoms with Gasteiger partial charge in [-0.3, -0.25) is 9.69 Å². The normalized spacial score (nSPS) is 19.0. The fourth-order valence-corrected chi connectivity index (χ4v) is 1.85. The van der Waals surface area contributed by atoms with Crippen LogP contribution in [-0.2, 0) is 4.79 Å². The number of ketones is 1. The maximum Gasteiger partial charge on any atom is 0.131 e. The zero-order valence-corrected chi connectivity index (χ0v) is 8.93. The molecule has 1 aliphatic heterocycles. The van der Waals surface area contributed by atoms with Crippen molar-refractivity contribution in [3.05, 3.63) is 10.6 Å². The number of hydrogen-bond donors (Lipinski definition) is 0. The molecule has 0 amide bonds. The molecule has 3 heteroatoms.